The zero-order valence-corrected chi connectivity index (χ0v) is 22.4. The van der Waals surface area contributed by atoms with Crippen LogP contribution >= 0.6 is 0 Å². The second kappa shape index (κ2) is 11.5. The second-order valence-electron chi connectivity index (χ2n) is 9.32. The fraction of sp³-hybridized carbons (Fsp3) is 0.560. The van der Waals surface area contributed by atoms with Gasteiger partial charge in [0.05, 0.1) is 28.8 Å². The first-order valence-electron chi connectivity index (χ1n) is 12.9. The molecule has 1 aliphatic rings. The zero-order valence-electron chi connectivity index (χ0n) is 21.6. The Bertz CT molecular complexity index is 1420. The summed E-state index contributed by atoms with van der Waals surface area (Å²) < 4.78 is 35.5. The van der Waals surface area contributed by atoms with Gasteiger partial charge in [-0.15, -0.1) is 5.10 Å². The van der Waals surface area contributed by atoms with Crippen LogP contribution in [0.2, 0.25) is 0 Å². The van der Waals surface area contributed by atoms with Crippen molar-refractivity contribution in [1.29, 1.82) is 0 Å². The molecule has 3 heterocycles. The van der Waals surface area contributed by atoms with E-state index >= 15 is 0 Å². The van der Waals surface area contributed by atoms with E-state index in [-0.39, 0.29) is 35.4 Å². The molecule has 1 fully saturated rings. The number of benzene rings is 1. The Morgan fingerprint density at radius 3 is 2.59 bits per heavy atom. The minimum Gasteiger partial charge on any atom is -0.493 e. The quantitative estimate of drug-likeness (QED) is 0.293. The number of hydrogen-bond acceptors (Lipinski definition) is 8. The zero-order chi connectivity index (χ0) is 26.6. The number of nitrogens with zero attached hydrogens (tertiary/aromatic N) is 5. The third kappa shape index (κ3) is 5.59. The molecule has 1 saturated heterocycles. The van der Waals surface area contributed by atoms with Crippen molar-refractivity contribution in [3.63, 3.8) is 0 Å². The van der Waals surface area contributed by atoms with Crippen LogP contribution in [0.4, 0.5) is 0 Å². The van der Waals surface area contributed by atoms with Gasteiger partial charge in [-0.1, -0.05) is 31.4 Å². The van der Waals surface area contributed by atoms with Gasteiger partial charge in [0.25, 0.3) is 5.56 Å². The minimum atomic E-state index is -3.83. The highest BCUT2D eigenvalue weighted by Gasteiger charge is 2.31. The van der Waals surface area contributed by atoms with Gasteiger partial charge in [-0.3, -0.25) is 4.79 Å². The monoisotopic (exact) mass is 530 g/mol. The Morgan fingerprint density at radius 1 is 1.16 bits per heavy atom. The van der Waals surface area contributed by atoms with Crippen molar-refractivity contribution < 1.29 is 13.2 Å². The van der Waals surface area contributed by atoms with Crippen molar-refractivity contribution in [2.24, 2.45) is 5.18 Å². The number of rotatable bonds is 11. The summed E-state index contributed by atoms with van der Waals surface area (Å²) in [6, 6.07) is 4.20. The van der Waals surface area contributed by atoms with E-state index in [4.69, 9.17) is 4.74 Å². The molecule has 0 spiro atoms. The van der Waals surface area contributed by atoms with E-state index in [1.54, 1.807) is 17.5 Å². The Hall–Kier alpha value is -3.12. The summed E-state index contributed by atoms with van der Waals surface area (Å²) in [5.41, 5.74) is 0.992. The maximum atomic E-state index is 13.4. The Labute approximate surface area is 216 Å². The van der Waals surface area contributed by atoms with Gasteiger partial charge in [0.15, 0.2) is 11.3 Å². The largest absolute Gasteiger partial charge is 0.493 e. The fourth-order valence-corrected chi connectivity index (χ4v) is 6.20. The van der Waals surface area contributed by atoms with Crippen molar-refractivity contribution in [2.75, 3.05) is 19.7 Å². The van der Waals surface area contributed by atoms with Crippen LogP contribution in [0.15, 0.2) is 33.1 Å². The van der Waals surface area contributed by atoms with Crippen LogP contribution in [0.5, 0.6) is 5.75 Å². The first-order chi connectivity index (χ1) is 17.8. The number of hydrogen-bond donors (Lipinski definition) is 1. The second-order valence-corrected chi connectivity index (χ2v) is 11.3. The van der Waals surface area contributed by atoms with Crippen LogP contribution < -0.4 is 10.3 Å². The normalized spacial score (nSPS) is 15.3. The number of H-pyrrole nitrogens is 1. The molecule has 1 aliphatic heterocycles. The third-order valence-electron chi connectivity index (χ3n) is 6.71. The van der Waals surface area contributed by atoms with Crippen LogP contribution in [0.3, 0.4) is 0 Å². The molecule has 2 aromatic heterocycles. The van der Waals surface area contributed by atoms with Crippen LogP contribution in [0.1, 0.15) is 63.9 Å². The Kier molecular flexibility index (Phi) is 8.38. The van der Waals surface area contributed by atoms with E-state index in [9.17, 15) is 18.1 Å². The maximum absolute atomic E-state index is 13.4. The molecule has 1 aromatic carbocycles. The standard InChI is InChI=1S/C25H34N6O5S/c1-4-6-7-8-9-22-26-17(3)23-25(32)27-24(28-31(22)23)20-16-19(10-11-21(20)36-5-2)37(34,35)30-14-12-18(29-33)13-15-30/h10-11,16,18H,4-9,12-15H2,1-3H3,(H,27,28,32). The average Bonchev–Trinajstić information content (AvgIpc) is 3.22. The van der Waals surface area contributed by atoms with E-state index in [1.807, 2.05) is 6.92 Å². The highest BCUT2D eigenvalue weighted by molar-refractivity contribution is 7.89. The molecule has 0 saturated carbocycles. The first kappa shape index (κ1) is 26.9. The number of ether oxygens (including phenoxy) is 1. The number of nitroso groups, excluding NO2 is 1. The molecule has 4 rings (SSSR count). The van der Waals surface area contributed by atoms with Gasteiger partial charge < -0.3 is 9.72 Å². The van der Waals surface area contributed by atoms with Crippen molar-refractivity contribution in [3.8, 4) is 17.1 Å². The number of nitrogens with one attached hydrogen (secondary N) is 1. The predicted octanol–water partition coefficient (Wildman–Crippen LogP) is 3.83. The number of fused-ring (bicyclic) bond motifs is 1. The van der Waals surface area contributed by atoms with Crippen molar-refractivity contribution in [3.05, 3.63) is 45.0 Å². The Balaban J connectivity index is 1.76. The van der Waals surface area contributed by atoms with E-state index in [0.717, 1.165) is 25.7 Å². The smallest absolute Gasteiger partial charge is 0.277 e. The summed E-state index contributed by atoms with van der Waals surface area (Å²) in [6.07, 6.45) is 5.71. The summed E-state index contributed by atoms with van der Waals surface area (Å²) in [5, 5.41) is 7.74. The summed E-state index contributed by atoms with van der Waals surface area (Å²) in [4.78, 5) is 31.4. The third-order valence-corrected chi connectivity index (χ3v) is 8.61. The topological polar surface area (TPSA) is 139 Å². The van der Waals surface area contributed by atoms with E-state index in [1.165, 1.54) is 16.4 Å². The molecule has 11 nitrogen and oxygen atoms in total. The fourth-order valence-electron chi connectivity index (χ4n) is 4.70. The van der Waals surface area contributed by atoms with Gasteiger partial charge >= 0.3 is 0 Å². The molecular weight excluding hydrogens is 496 g/mol. The molecule has 12 heteroatoms. The molecule has 1 N–H and O–H groups in total. The molecule has 0 radical (unpaired) electrons. The van der Waals surface area contributed by atoms with E-state index < -0.39 is 10.0 Å². The van der Waals surface area contributed by atoms with Crippen LogP contribution in [-0.4, -0.2) is 58.0 Å². The summed E-state index contributed by atoms with van der Waals surface area (Å²) >= 11 is 0. The van der Waals surface area contributed by atoms with Gasteiger partial charge in [-0.2, -0.15) is 9.21 Å². The molecule has 0 bridgehead atoms. The van der Waals surface area contributed by atoms with E-state index in [0.29, 0.717) is 54.2 Å². The molecule has 0 unspecified atom stereocenters. The lowest BCUT2D eigenvalue weighted by Crippen LogP contribution is -2.39. The number of unbranched alkanes of at least 4 members (excludes halogenated alkanes) is 3. The highest BCUT2D eigenvalue weighted by Crippen LogP contribution is 2.32. The predicted molar refractivity (Wildman–Crippen MR) is 140 cm³/mol. The summed E-state index contributed by atoms with van der Waals surface area (Å²) in [5.74, 6) is 1.31. The first-order valence-corrected chi connectivity index (χ1v) is 14.3. The number of aryl methyl sites for hydroxylation is 2. The maximum Gasteiger partial charge on any atom is 0.277 e. The minimum absolute atomic E-state index is 0.0628. The number of sulfonamides is 1. The number of aromatic amines is 1. The van der Waals surface area contributed by atoms with E-state index in [2.05, 4.69) is 27.2 Å². The molecule has 0 amide bonds. The van der Waals surface area contributed by atoms with Crippen LogP contribution in [-0.2, 0) is 16.4 Å². The van der Waals surface area contributed by atoms with Gasteiger partial charge in [-0.25, -0.2) is 17.9 Å². The van der Waals surface area contributed by atoms with Crippen molar-refractivity contribution in [1.82, 2.24) is 23.9 Å². The van der Waals surface area contributed by atoms with Crippen LogP contribution in [0.25, 0.3) is 16.9 Å². The van der Waals surface area contributed by atoms with Crippen molar-refractivity contribution >= 4 is 15.5 Å². The average molecular weight is 531 g/mol. The molecule has 3 aromatic rings. The summed E-state index contributed by atoms with van der Waals surface area (Å²) in [7, 11) is -3.83. The van der Waals surface area contributed by atoms with Crippen molar-refractivity contribution in [2.45, 2.75) is 76.7 Å². The number of imidazole rings is 1. The van der Waals surface area contributed by atoms with Gasteiger partial charge in [0.1, 0.15) is 11.6 Å². The lowest BCUT2D eigenvalue weighted by molar-refractivity contribution is 0.320. The number of piperidine rings is 1. The lowest BCUT2D eigenvalue weighted by atomic mass is 10.1. The van der Waals surface area contributed by atoms with Gasteiger partial charge in [0.2, 0.25) is 10.0 Å². The molecule has 0 aliphatic carbocycles. The summed E-state index contributed by atoms with van der Waals surface area (Å²) in [6.45, 7) is 6.55. The highest BCUT2D eigenvalue weighted by atomic mass is 32.2. The van der Waals surface area contributed by atoms with Gasteiger partial charge in [0, 0.05) is 19.5 Å². The lowest BCUT2D eigenvalue weighted by Gasteiger charge is -2.28. The molecule has 37 heavy (non-hydrogen) atoms. The molecule has 200 valence electrons. The van der Waals surface area contributed by atoms with Crippen LogP contribution in [0, 0.1) is 11.8 Å². The molecule has 0 atom stereocenters. The molecular formula is C25H34N6O5S. The van der Waals surface area contributed by atoms with Gasteiger partial charge in [-0.05, 0) is 51.3 Å². The SMILES string of the molecule is CCCCCCc1nc(C)c2c(=O)[nH]c(-c3cc(S(=O)(=O)N4CCC(N=O)CC4)ccc3OCC)nn12. The Morgan fingerprint density at radius 2 is 1.92 bits per heavy atom. The number of aromatic nitrogens is 4.